The largest absolute Gasteiger partial charge is 0.461 e. The predicted octanol–water partition coefficient (Wildman–Crippen LogP) is 6.53. The van der Waals surface area contributed by atoms with Crippen LogP contribution in [0.2, 0.25) is 0 Å². The first kappa shape index (κ1) is 22.8. The number of fused-ring (bicyclic) bond motifs is 1. The summed E-state index contributed by atoms with van der Waals surface area (Å²) in [6.07, 6.45) is 10.9. The van der Waals surface area contributed by atoms with E-state index in [4.69, 9.17) is 9.15 Å². The molecule has 1 aliphatic rings. The van der Waals surface area contributed by atoms with Gasteiger partial charge in [-0.1, -0.05) is 31.9 Å². The molecule has 1 saturated carbocycles. The van der Waals surface area contributed by atoms with Gasteiger partial charge in [0.1, 0.15) is 24.1 Å². The summed E-state index contributed by atoms with van der Waals surface area (Å²) in [5.74, 6) is 3.33. The molecule has 0 amide bonds. The summed E-state index contributed by atoms with van der Waals surface area (Å²) in [4.78, 5) is 4.53. The van der Waals surface area contributed by atoms with Gasteiger partial charge in [-0.15, -0.1) is 0 Å². The number of nitrogens with zero attached hydrogens (tertiary/aromatic N) is 1. The molecule has 172 valence electrons. The average Bonchev–Trinajstić information content (AvgIpc) is 3.26. The molecule has 0 spiro atoms. The molecule has 3 aromatic rings. The Bertz CT molecular complexity index is 976. The van der Waals surface area contributed by atoms with E-state index in [-0.39, 0.29) is 0 Å². The molecule has 2 aromatic heterocycles. The summed E-state index contributed by atoms with van der Waals surface area (Å²) in [6.45, 7) is 6.71. The van der Waals surface area contributed by atoms with Crippen LogP contribution in [0.1, 0.15) is 57.6 Å². The van der Waals surface area contributed by atoms with E-state index in [0.29, 0.717) is 18.7 Å². The van der Waals surface area contributed by atoms with Crippen molar-refractivity contribution in [3.8, 4) is 11.3 Å². The molecule has 5 nitrogen and oxygen atoms in total. The molecule has 1 fully saturated rings. The van der Waals surface area contributed by atoms with Gasteiger partial charge in [-0.3, -0.25) is 0 Å². The Morgan fingerprint density at radius 3 is 2.69 bits per heavy atom. The van der Waals surface area contributed by atoms with Crippen LogP contribution >= 0.6 is 0 Å². The van der Waals surface area contributed by atoms with E-state index < -0.39 is 0 Å². The van der Waals surface area contributed by atoms with Gasteiger partial charge in [0.15, 0.2) is 0 Å². The van der Waals surface area contributed by atoms with E-state index in [9.17, 15) is 0 Å². The number of anilines is 1. The summed E-state index contributed by atoms with van der Waals surface area (Å²) in [6, 6.07) is 13.1. The van der Waals surface area contributed by atoms with E-state index in [1.165, 1.54) is 51.5 Å². The monoisotopic (exact) mass is 435 g/mol. The second-order valence-corrected chi connectivity index (χ2v) is 9.11. The molecule has 1 aliphatic carbocycles. The highest BCUT2D eigenvalue weighted by Crippen LogP contribution is 2.27. The van der Waals surface area contributed by atoms with Gasteiger partial charge < -0.3 is 19.8 Å². The molecule has 4 rings (SSSR count). The van der Waals surface area contributed by atoms with Gasteiger partial charge in [0.05, 0.1) is 6.61 Å². The van der Waals surface area contributed by atoms with E-state index in [1.54, 1.807) is 0 Å². The summed E-state index contributed by atoms with van der Waals surface area (Å²) >= 11 is 0. The number of hydrogen-bond acceptors (Lipinski definition) is 5. The second-order valence-electron chi connectivity index (χ2n) is 9.11. The molecule has 0 atom stereocenters. The van der Waals surface area contributed by atoms with Crippen LogP contribution in [0.5, 0.6) is 0 Å². The smallest absolute Gasteiger partial charge is 0.134 e. The minimum atomic E-state index is 0.491. The predicted molar refractivity (Wildman–Crippen MR) is 132 cm³/mol. The van der Waals surface area contributed by atoms with Gasteiger partial charge in [0.2, 0.25) is 0 Å². The molecule has 0 unspecified atom stereocenters. The second kappa shape index (κ2) is 11.5. The first-order valence-corrected chi connectivity index (χ1v) is 12.2. The van der Waals surface area contributed by atoms with E-state index in [1.807, 2.05) is 25.3 Å². The Kier molecular flexibility index (Phi) is 8.18. The van der Waals surface area contributed by atoms with Crippen molar-refractivity contribution in [3.05, 3.63) is 48.4 Å². The van der Waals surface area contributed by atoms with Crippen molar-refractivity contribution in [3.63, 3.8) is 0 Å². The van der Waals surface area contributed by atoms with Crippen LogP contribution in [0.25, 0.3) is 22.1 Å². The number of pyridine rings is 1. The summed E-state index contributed by atoms with van der Waals surface area (Å²) in [5.41, 5.74) is 1.08. The van der Waals surface area contributed by atoms with Crippen LogP contribution in [0.15, 0.2) is 47.0 Å². The molecule has 0 radical (unpaired) electrons. The van der Waals surface area contributed by atoms with Crippen molar-refractivity contribution < 1.29 is 9.15 Å². The molecule has 0 bridgehead atoms. The van der Waals surface area contributed by atoms with Crippen LogP contribution in [0.3, 0.4) is 0 Å². The fourth-order valence-electron chi connectivity index (χ4n) is 4.55. The normalized spacial score (nSPS) is 18.8. The zero-order chi connectivity index (χ0) is 22.2. The lowest BCUT2D eigenvalue weighted by Gasteiger charge is -2.29. The Labute approximate surface area is 192 Å². The third-order valence-electron chi connectivity index (χ3n) is 6.52. The SMILES string of the molecule is CCCCCNC1CCC(COCNc2cc3cc(-c4ccc(C)o4)ccc3cn2)CC1. The first-order valence-electron chi connectivity index (χ1n) is 12.2. The number of ether oxygens (including phenoxy) is 1. The maximum Gasteiger partial charge on any atom is 0.134 e. The molecule has 2 heterocycles. The highest BCUT2D eigenvalue weighted by Gasteiger charge is 2.20. The van der Waals surface area contributed by atoms with Crippen LogP contribution in [-0.2, 0) is 4.74 Å². The number of aromatic nitrogens is 1. The summed E-state index contributed by atoms with van der Waals surface area (Å²) in [7, 11) is 0. The minimum Gasteiger partial charge on any atom is -0.461 e. The minimum absolute atomic E-state index is 0.491. The van der Waals surface area contributed by atoms with Gasteiger partial charge in [0.25, 0.3) is 0 Å². The Hall–Kier alpha value is -2.37. The summed E-state index contributed by atoms with van der Waals surface area (Å²) < 4.78 is 11.7. The number of nitrogens with one attached hydrogen (secondary N) is 2. The number of rotatable bonds is 11. The lowest BCUT2D eigenvalue weighted by Crippen LogP contribution is -2.34. The lowest BCUT2D eigenvalue weighted by atomic mass is 9.86. The molecule has 32 heavy (non-hydrogen) atoms. The average molecular weight is 436 g/mol. The quantitative estimate of drug-likeness (QED) is 0.265. The van der Waals surface area contributed by atoms with Crippen molar-refractivity contribution in [2.45, 2.75) is 64.8 Å². The van der Waals surface area contributed by atoms with E-state index >= 15 is 0 Å². The number of hydrogen-bond donors (Lipinski definition) is 2. The van der Waals surface area contributed by atoms with E-state index in [2.05, 4.69) is 46.8 Å². The maximum atomic E-state index is 5.95. The number of aryl methyl sites for hydroxylation is 1. The molecule has 1 aromatic carbocycles. The topological polar surface area (TPSA) is 59.3 Å². The number of benzene rings is 1. The highest BCUT2D eigenvalue weighted by molar-refractivity contribution is 5.87. The van der Waals surface area contributed by atoms with Crippen molar-refractivity contribution >= 4 is 16.6 Å². The van der Waals surface area contributed by atoms with Crippen LogP contribution in [0, 0.1) is 12.8 Å². The van der Waals surface area contributed by atoms with E-state index in [0.717, 1.165) is 40.3 Å². The third-order valence-corrected chi connectivity index (χ3v) is 6.52. The standard InChI is InChI=1S/C27H37N3O2/c1-3-4-5-14-28-25-11-7-21(8-12-25)18-31-19-30-27-16-24-15-22(9-10-23(24)17-29-27)26-13-6-20(2)32-26/h6,9-10,13,15-17,21,25,28H,3-5,7-8,11-12,14,18-19H2,1-2H3,(H,29,30). The molecule has 0 saturated heterocycles. The van der Waals surface area contributed by atoms with Crippen LogP contribution in [-0.4, -0.2) is 30.9 Å². The van der Waals surface area contributed by atoms with Crippen molar-refractivity contribution in [1.82, 2.24) is 10.3 Å². The summed E-state index contributed by atoms with van der Waals surface area (Å²) in [5, 5.41) is 9.30. The Balaban J connectivity index is 1.20. The van der Waals surface area contributed by atoms with Crippen molar-refractivity contribution in [2.75, 3.05) is 25.2 Å². The first-order chi connectivity index (χ1) is 15.7. The fourth-order valence-corrected chi connectivity index (χ4v) is 4.55. The van der Waals surface area contributed by atoms with Gasteiger partial charge >= 0.3 is 0 Å². The van der Waals surface area contributed by atoms with Gasteiger partial charge in [-0.2, -0.15) is 0 Å². The van der Waals surface area contributed by atoms with Gasteiger partial charge in [-0.05, 0) is 81.1 Å². The Morgan fingerprint density at radius 2 is 1.91 bits per heavy atom. The number of unbranched alkanes of at least 4 members (excludes halogenated alkanes) is 2. The lowest BCUT2D eigenvalue weighted by molar-refractivity contribution is 0.0930. The van der Waals surface area contributed by atoms with Crippen molar-refractivity contribution in [1.29, 1.82) is 0 Å². The Morgan fingerprint density at radius 1 is 1.03 bits per heavy atom. The molecule has 0 aliphatic heterocycles. The van der Waals surface area contributed by atoms with Crippen molar-refractivity contribution in [2.24, 2.45) is 5.92 Å². The number of furan rings is 1. The van der Waals surface area contributed by atoms with Crippen LogP contribution in [0.4, 0.5) is 5.82 Å². The molecule has 5 heteroatoms. The maximum absolute atomic E-state index is 5.95. The van der Waals surface area contributed by atoms with Gasteiger partial charge in [0, 0.05) is 23.2 Å². The fraction of sp³-hybridized carbons (Fsp3) is 0.519. The zero-order valence-electron chi connectivity index (χ0n) is 19.5. The molecule has 2 N–H and O–H groups in total. The highest BCUT2D eigenvalue weighted by atomic mass is 16.5. The van der Waals surface area contributed by atoms with Crippen LogP contribution < -0.4 is 10.6 Å². The third kappa shape index (κ3) is 6.33. The molecular weight excluding hydrogens is 398 g/mol. The van der Waals surface area contributed by atoms with Gasteiger partial charge in [-0.25, -0.2) is 4.98 Å². The zero-order valence-corrected chi connectivity index (χ0v) is 19.5. The molecular formula is C27H37N3O2.